The molecular formula is C27H51NO9. The Labute approximate surface area is 221 Å². The van der Waals surface area contributed by atoms with Crippen LogP contribution in [0.3, 0.4) is 0 Å². The molecule has 1 heterocycles. The minimum atomic E-state index is -2.56. The molecule has 1 aliphatic rings. The summed E-state index contributed by atoms with van der Waals surface area (Å²) >= 11 is 0. The van der Waals surface area contributed by atoms with E-state index in [1.165, 1.54) is 64.7 Å². The Morgan fingerprint density at radius 2 is 1.46 bits per heavy atom. The third-order valence-electron chi connectivity index (χ3n) is 6.93. The molecule has 1 aliphatic heterocycles. The Kier molecular flexibility index (Phi) is 17.2. The van der Waals surface area contributed by atoms with Crippen LogP contribution in [0.25, 0.3) is 0 Å². The van der Waals surface area contributed by atoms with Crippen molar-refractivity contribution in [2.24, 2.45) is 0 Å². The Hall–Kier alpha value is -1.30. The van der Waals surface area contributed by atoms with E-state index in [2.05, 4.69) is 12.2 Å². The number of carbonyl (C=O) groups excluding carboxylic acids is 2. The zero-order valence-corrected chi connectivity index (χ0v) is 22.8. The first-order chi connectivity index (χ1) is 17.7. The highest BCUT2D eigenvalue weighted by molar-refractivity contribution is 5.78. The van der Waals surface area contributed by atoms with Gasteiger partial charge in [-0.3, -0.25) is 4.79 Å². The predicted molar refractivity (Wildman–Crippen MR) is 138 cm³/mol. The number of nitrogens with one attached hydrogen (secondary N) is 1. The van der Waals surface area contributed by atoms with Crippen LogP contribution < -0.4 is 5.32 Å². The van der Waals surface area contributed by atoms with Gasteiger partial charge in [0.25, 0.3) is 5.79 Å². The molecule has 218 valence electrons. The van der Waals surface area contributed by atoms with Crippen LogP contribution in [0.1, 0.15) is 110 Å². The molecule has 0 aromatic carbocycles. The van der Waals surface area contributed by atoms with Gasteiger partial charge in [-0.15, -0.1) is 0 Å². The SMILES string of the molecule is CCCCCCCCCCCCCCCC(=O)N[C@H]1[C@H]([C@H](O)[C@H](O)CO)O[C@](O)(C(=O)OCC)C[C@@H]1O. The van der Waals surface area contributed by atoms with Crippen LogP contribution >= 0.6 is 0 Å². The maximum Gasteiger partial charge on any atom is 0.366 e. The lowest BCUT2D eigenvalue weighted by Gasteiger charge is -2.45. The fourth-order valence-electron chi connectivity index (χ4n) is 4.70. The van der Waals surface area contributed by atoms with Crippen LogP contribution in [0.2, 0.25) is 0 Å². The predicted octanol–water partition coefficient (Wildman–Crippen LogP) is 2.07. The van der Waals surface area contributed by atoms with Crippen LogP contribution in [-0.2, 0) is 19.1 Å². The van der Waals surface area contributed by atoms with E-state index in [1.54, 1.807) is 0 Å². The number of aliphatic hydroxyl groups is 5. The van der Waals surface area contributed by atoms with Gasteiger partial charge in [-0.25, -0.2) is 4.79 Å². The first-order valence-corrected chi connectivity index (χ1v) is 14.2. The van der Waals surface area contributed by atoms with Crippen molar-refractivity contribution in [2.45, 2.75) is 146 Å². The molecule has 10 nitrogen and oxygen atoms in total. The summed E-state index contributed by atoms with van der Waals surface area (Å²) in [5.41, 5.74) is 0. The topological polar surface area (TPSA) is 166 Å². The van der Waals surface area contributed by atoms with Crippen molar-refractivity contribution in [1.29, 1.82) is 0 Å². The number of ether oxygens (including phenoxy) is 2. The summed E-state index contributed by atoms with van der Waals surface area (Å²) in [6.45, 7) is 2.88. The van der Waals surface area contributed by atoms with Crippen LogP contribution in [-0.4, -0.2) is 86.9 Å². The monoisotopic (exact) mass is 533 g/mol. The summed E-state index contributed by atoms with van der Waals surface area (Å²) < 4.78 is 10.2. The molecule has 10 heteroatoms. The molecule has 0 radical (unpaired) electrons. The highest BCUT2D eigenvalue weighted by Crippen LogP contribution is 2.31. The average molecular weight is 534 g/mol. The van der Waals surface area contributed by atoms with Crippen molar-refractivity contribution in [3.8, 4) is 0 Å². The van der Waals surface area contributed by atoms with Crippen molar-refractivity contribution < 1.29 is 44.6 Å². The van der Waals surface area contributed by atoms with Gasteiger partial charge < -0.3 is 40.3 Å². The van der Waals surface area contributed by atoms with Crippen molar-refractivity contribution >= 4 is 11.9 Å². The number of carbonyl (C=O) groups is 2. The van der Waals surface area contributed by atoms with E-state index >= 15 is 0 Å². The molecule has 1 fully saturated rings. The molecule has 0 spiro atoms. The summed E-state index contributed by atoms with van der Waals surface area (Å²) in [6.07, 6.45) is 8.50. The van der Waals surface area contributed by atoms with Gasteiger partial charge in [-0.05, 0) is 13.3 Å². The molecule has 6 atom stereocenters. The van der Waals surface area contributed by atoms with E-state index in [9.17, 15) is 35.1 Å². The van der Waals surface area contributed by atoms with Gasteiger partial charge >= 0.3 is 5.97 Å². The first kappa shape index (κ1) is 33.7. The van der Waals surface area contributed by atoms with E-state index in [-0.39, 0.29) is 18.9 Å². The average Bonchev–Trinajstić information content (AvgIpc) is 2.87. The maximum atomic E-state index is 12.5. The standard InChI is InChI=1S/C27H51NO9/c1-3-5-6-7-8-9-10-11-12-13-14-15-16-17-22(32)28-23-20(30)18-27(35,26(34)36-4-2)37-25(23)24(33)21(31)19-29/h20-21,23-25,29-31,33,35H,3-19H2,1-2H3,(H,28,32)/t20-,21+,23+,24+,25+,27-/m0/s1. The lowest BCUT2D eigenvalue weighted by Crippen LogP contribution is -2.67. The van der Waals surface area contributed by atoms with Crippen molar-refractivity contribution in [1.82, 2.24) is 5.32 Å². The normalized spacial score (nSPS) is 25.4. The van der Waals surface area contributed by atoms with Crippen LogP contribution in [0, 0.1) is 0 Å². The fraction of sp³-hybridized carbons (Fsp3) is 0.926. The largest absolute Gasteiger partial charge is 0.462 e. The summed E-state index contributed by atoms with van der Waals surface area (Å²) in [6, 6.07) is -1.21. The number of unbranched alkanes of at least 4 members (excludes halogenated alkanes) is 12. The molecular weight excluding hydrogens is 482 g/mol. The van der Waals surface area contributed by atoms with Crippen LogP contribution in [0.4, 0.5) is 0 Å². The number of hydrogen-bond acceptors (Lipinski definition) is 9. The number of hydrogen-bond donors (Lipinski definition) is 6. The van der Waals surface area contributed by atoms with Crippen molar-refractivity contribution in [3.05, 3.63) is 0 Å². The van der Waals surface area contributed by atoms with E-state index in [0.717, 1.165) is 19.3 Å². The van der Waals surface area contributed by atoms with Gasteiger partial charge in [0.05, 0.1) is 25.4 Å². The minimum Gasteiger partial charge on any atom is -0.462 e. The van der Waals surface area contributed by atoms with Crippen LogP contribution in [0.5, 0.6) is 0 Å². The number of amides is 1. The molecule has 0 aromatic heterocycles. The maximum absolute atomic E-state index is 12.5. The van der Waals surface area contributed by atoms with E-state index in [1.807, 2.05) is 0 Å². The smallest absolute Gasteiger partial charge is 0.366 e. The number of esters is 1. The van der Waals surface area contributed by atoms with E-state index in [0.29, 0.717) is 6.42 Å². The fourth-order valence-corrected chi connectivity index (χ4v) is 4.70. The lowest BCUT2D eigenvalue weighted by molar-refractivity contribution is -0.297. The number of rotatable bonds is 20. The summed E-state index contributed by atoms with van der Waals surface area (Å²) in [7, 11) is 0. The third-order valence-corrected chi connectivity index (χ3v) is 6.93. The summed E-state index contributed by atoms with van der Waals surface area (Å²) in [5, 5.41) is 53.3. The van der Waals surface area contributed by atoms with Gasteiger partial charge in [-0.2, -0.15) is 0 Å². The molecule has 0 aliphatic carbocycles. The zero-order valence-electron chi connectivity index (χ0n) is 22.8. The molecule has 1 rings (SSSR count). The van der Waals surface area contributed by atoms with Crippen molar-refractivity contribution in [2.75, 3.05) is 13.2 Å². The molecule has 0 unspecified atom stereocenters. The molecule has 0 aromatic rings. The van der Waals surface area contributed by atoms with Crippen LogP contribution in [0.15, 0.2) is 0 Å². The molecule has 6 N–H and O–H groups in total. The zero-order chi connectivity index (χ0) is 27.7. The van der Waals surface area contributed by atoms with Gasteiger partial charge in [-0.1, -0.05) is 84.0 Å². The van der Waals surface area contributed by atoms with E-state index in [4.69, 9.17) is 9.47 Å². The summed E-state index contributed by atoms with van der Waals surface area (Å²) in [4.78, 5) is 24.7. The summed E-state index contributed by atoms with van der Waals surface area (Å²) in [5.74, 6) is -4.10. The molecule has 1 amide bonds. The molecule has 0 saturated carbocycles. The number of aliphatic hydroxyl groups excluding tert-OH is 4. The Morgan fingerprint density at radius 3 is 1.95 bits per heavy atom. The van der Waals surface area contributed by atoms with Gasteiger partial charge in [0, 0.05) is 12.8 Å². The molecule has 37 heavy (non-hydrogen) atoms. The quantitative estimate of drug-likeness (QED) is 0.101. The minimum absolute atomic E-state index is 0.0492. The van der Waals surface area contributed by atoms with E-state index < -0.39 is 55.2 Å². The Bertz CT molecular complexity index is 635. The molecule has 0 bridgehead atoms. The van der Waals surface area contributed by atoms with Gasteiger partial charge in [0.2, 0.25) is 5.91 Å². The Morgan fingerprint density at radius 1 is 0.946 bits per heavy atom. The highest BCUT2D eigenvalue weighted by atomic mass is 16.7. The van der Waals surface area contributed by atoms with Crippen molar-refractivity contribution in [3.63, 3.8) is 0 Å². The highest BCUT2D eigenvalue weighted by Gasteiger charge is 2.54. The lowest BCUT2D eigenvalue weighted by atomic mass is 9.88. The molecule has 1 saturated heterocycles. The van der Waals surface area contributed by atoms with Gasteiger partial charge in [0.15, 0.2) is 0 Å². The third kappa shape index (κ3) is 12.4. The Balaban J connectivity index is 2.42. The second kappa shape index (κ2) is 18.9. The second-order valence-corrected chi connectivity index (χ2v) is 10.2. The first-order valence-electron chi connectivity index (χ1n) is 14.2. The second-order valence-electron chi connectivity index (χ2n) is 10.2. The van der Waals surface area contributed by atoms with Gasteiger partial charge in [0.1, 0.15) is 18.3 Å².